The van der Waals surface area contributed by atoms with E-state index in [1.807, 2.05) is 0 Å². The summed E-state index contributed by atoms with van der Waals surface area (Å²) in [5.74, 6) is 4.94. The minimum atomic E-state index is -0.275. The van der Waals surface area contributed by atoms with Crippen molar-refractivity contribution in [3.05, 3.63) is 0 Å². The summed E-state index contributed by atoms with van der Waals surface area (Å²) in [4.78, 5) is 22.0. The Morgan fingerprint density at radius 2 is 2.46 bits per heavy atom. The number of nitrogens with zero attached hydrogens (tertiary/aromatic N) is 1. The number of hydrazine groups is 1. The van der Waals surface area contributed by atoms with Crippen molar-refractivity contribution in [3.63, 3.8) is 0 Å². The monoisotopic (exact) mass is 186 g/mol. The Kier molecular flexibility index (Phi) is 3.25. The molecule has 5 heteroatoms. The van der Waals surface area contributed by atoms with E-state index in [0.717, 1.165) is 6.42 Å². The van der Waals surface area contributed by atoms with Crippen LogP contribution in [0.4, 0.5) is 0 Å². The zero-order valence-electron chi connectivity index (χ0n) is 7.66. The maximum absolute atomic E-state index is 11.3. The van der Waals surface area contributed by atoms with Gasteiger partial charge in [-0.2, -0.15) is 0 Å². The summed E-state index contributed by atoms with van der Waals surface area (Å²) in [6.45, 7) is 0.588. The molecule has 0 unspecified atom stereocenters. The molecule has 2 N–H and O–H groups in total. The molecular weight excluding hydrogens is 172 g/mol. The van der Waals surface area contributed by atoms with Gasteiger partial charge in [-0.15, -0.1) is 0 Å². The molecule has 0 aliphatic carbocycles. The van der Waals surface area contributed by atoms with Crippen LogP contribution in [0.3, 0.4) is 0 Å². The van der Waals surface area contributed by atoms with Gasteiger partial charge in [-0.1, -0.05) is 0 Å². The van der Waals surface area contributed by atoms with E-state index in [2.05, 4.69) is 4.74 Å². The van der Waals surface area contributed by atoms with Gasteiger partial charge in [0.25, 0.3) is 0 Å². The van der Waals surface area contributed by atoms with Gasteiger partial charge in [-0.25, -0.2) is 5.84 Å². The molecule has 13 heavy (non-hydrogen) atoms. The van der Waals surface area contributed by atoms with E-state index < -0.39 is 0 Å². The van der Waals surface area contributed by atoms with Gasteiger partial charge in [0.1, 0.15) is 0 Å². The quantitative estimate of drug-likeness (QED) is 0.372. The van der Waals surface area contributed by atoms with Crippen LogP contribution in [0.1, 0.15) is 19.3 Å². The van der Waals surface area contributed by atoms with Crippen molar-refractivity contribution in [2.45, 2.75) is 19.3 Å². The number of carbonyl (C=O) groups excluding carboxylic acids is 2. The highest BCUT2D eigenvalue weighted by Gasteiger charge is 2.29. The van der Waals surface area contributed by atoms with Crippen molar-refractivity contribution in [3.8, 4) is 0 Å². The first kappa shape index (κ1) is 9.98. The maximum atomic E-state index is 11.3. The standard InChI is InChI=1S/C8H14N2O3/c1-13-7(11)3-2-6-4-5-10(9)8(6)12/h6H,2-5,9H2,1H3/t6-/m0/s1. The van der Waals surface area contributed by atoms with E-state index in [-0.39, 0.29) is 17.8 Å². The van der Waals surface area contributed by atoms with E-state index in [9.17, 15) is 9.59 Å². The number of hydrogen-bond acceptors (Lipinski definition) is 4. The fourth-order valence-electron chi connectivity index (χ4n) is 1.43. The number of amides is 1. The average Bonchev–Trinajstić information content (AvgIpc) is 2.44. The Bertz CT molecular complexity index is 217. The van der Waals surface area contributed by atoms with Crippen LogP contribution in [-0.4, -0.2) is 30.5 Å². The lowest BCUT2D eigenvalue weighted by Crippen LogP contribution is -2.33. The van der Waals surface area contributed by atoms with Gasteiger partial charge in [0.2, 0.25) is 5.91 Å². The van der Waals surface area contributed by atoms with Gasteiger partial charge in [-0.3, -0.25) is 14.6 Å². The van der Waals surface area contributed by atoms with Crippen LogP contribution >= 0.6 is 0 Å². The van der Waals surface area contributed by atoms with Crippen LogP contribution in [0, 0.1) is 5.92 Å². The Hall–Kier alpha value is -1.10. The summed E-state index contributed by atoms with van der Waals surface area (Å²) in [6, 6.07) is 0. The highest BCUT2D eigenvalue weighted by atomic mass is 16.5. The molecule has 1 heterocycles. The first-order chi connectivity index (χ1) is 6.15. The van der Waals surface area contributed by atoms with E-state index in [4.69, 9.17) is 5.84 Å². The minimum absolute atomic E-state index is 0.0658. The molecule has 0 aromatic carbocycles. The van der Waals surface area contributed by atoms with E-state index in [0.29, 0.717) is 19.4 Å². The lowest BCUT2D eigenvalue weighted by molar-refractivity contribution is -0.141. The molecule has 1 atom stereocenters. The molecule has 0 aromatic heterocycles. The summed E-state index contributed by atoms with van der Waals surface area (Å²) in [6.07, 6.45) is 1.58. The Balaban J connectivity index is 2.30. The smallest absolute Gasteiger partial charge is 0.305 e. The van der Waals surface area contributed by atoms with Crippen molar-refractivity contribution in [1.29, 1.82) is 0 Å². The molecule has 1 fully saturated rings. The fourth-order valence-corrected chi connectivity index (χ4v) is 1.43. The number of rotatable bonds is 3. The molecule has 0 bridgehead atoms. The molecule has 0 saturated carbocycles. The van der Waals surface area contributed by atoms with Gasteiger partial charge in [0.15, 0.2) is 0 Å². The van der Waals surface area contributed by atoms with Gasteiger partial charge >= 0.3 is 5.97 Å². The minimum Gasteiger partial charge on any atom is -0.469 e. The second-order valence-electron chi connectivity index (χ2n) is 3.13. The van der Waals surface area contributed by atoms with Crippen molar-refractivity contribution >= 4 is 11.9 Å². The number of hydrogen-bond donors (Lipinski definition) is 1. The van der Waals surface area contributed by atoms with Gasteiger partial charge in [0.05, 0.1) is 7.11 Å². The first-order valence-corrected chi connectivity index (χ1v) is 4.28. The lowest BCUT2D eigenvalue weighted by Gasteiger charge is -2.08. The van der Waals surface area contributed by atoms with E-state index in [1.54, 1.807) is 0 Å². The molecule has 74 valence electrons. The molecule has 1 aliphatic heterocycles. The number of nitrogens with two attached hydrogens (primary N) is 1. The summed E-state index contributed by atoms with van der Waals surface area (Å²) in [7, 11) is 1.34. The molecule has 1 rings (SSSR count). The second kappa shape index (κ2) is 4.23. The summed E-state index contributed by atoms with van der Waals surface area (Å²) >= 11 is 0. The molecular formula is C8H14N2O3. The Morgan fingerprint density at radius 3 is 2.92 bits per heavy atom. The molecule has 1 aliphatic rings. The van der Waals surface area contributed by atoms with Crippen LogP contribution in [0.5, 0.6) is 0 Å². The van der Waals surface area contributed by atoms with Crippen LogP contribution in [0.15, 0.2) is 0 Å². The van der Waals surface area contributed by atoms with Crippen molar-refractivity contribution in [2.75, 3.05) is 13.7 Å². The first-order valence-electron chi connectivity index (χ1n) is 4.28. The van der Waals surface area contributed by atoms with Crippen molar-refractivity contribution in [1.82, 2.24) is 5.01 Å². The SMILES string of the molecule is COC(=O)CC[C@H]1CCN(N)C1=O. The van der Waals surface area contributed by atoms with Gasteiger partial charge in [0, 0.05) is 18.9 Å². The highest BCUT2D eigenvalue weighted by molar-refractivity contribution is 5.80. The fraction of sp³-hybridized carbons (Fsp3) is 0.750. The molecule has 5 nitrogen and oxygen atoms in total. The van der Waals surface area contributed by atoms with Crippen molar-refractivity contribution in [2.24, 2.45) is 11.8 Å². The third-order valence-corrected chi connectivity index (χ3v) is 2.28. The molecule has 1 amide bonds. The largest absolute Gasteiger partial charge is 0.469 e. The molecule has 1 saturated heterocycles. The number of carbonyl (C=O) groups is 2. The van der Waals surface area contributed by atoms with Crippen LogP contribution in [0.2, 0.25) is 0 Å². The lowest BCUT2D eigenvalue weighted by atomic mass is 10.0. The third kappa shape index (κ3) is 2.42. The third-order valence-electron chi connectivity index (χ3n) is 2.28. The van der Waals surface area contributed by atoms with E-state index >= 15 is 0 Å². The van der Waals surface area contributed by atoms with E-state index in [1.165, 1.54) is 12.1 Å². The molecule has 0 spiro atoms. The van der Waals surface area contributed by atoms with Crippen LogP contribution < -0.4 is 5.84 Å². The normalized spacial score (nSPS) is 22.2. The van der Waals surface area contributed by atoms with Gasteiger partial charge < -0.3 is 4.74 Å². The van der Waals surface area contributed by atoms with Crippen LogP contribution in [0.25, 0.3) is 0 Å². The molecule has 0 aromatic rings. The van der Waals surface area contributed by atoms with Crippen molar-refractivity contribution < 1.29 is 14.3 Å². The zero-order chi connectivity index (χ0) is 9.84. The predicted octanol–water partition coefficient (Wildman–Crippen LogP) is -0.338. The maximum Gasteiger partial charge on any atom is 0.305 e. The summed E-state index contributed by atoms with van der Waals surface area (Å²) in [5, 5.41) is 1.21. The second-order valence-corrected chi connectivity index (χ2v) is 3.13. The topological polar surface area (TPSA) is 72.6 Å². The zero-order valence-corrected chi connectivity index (χ0v) is 7.66. The number of esters is 1. The molecule has 0 radical (unpaired) electrons. The average molecular weight is 186 g/mol. The highest BCUT2D eigenvalue weighted by Crippen LogP contribution is 2.20. The Morgan fingerprint density at radius 1 is 1.77 bits per heavy atom. The predicted molar refractivity (Wildman–Crippen MR) is 45.3 cm³/mol. The number of ether oxygens (including phenoxy) is 1. The summed E-state index contributed by atoms with van der Waals surface area (Å²) < 4.78 is 4.48. The Labute approximate surface area is 76.8 Å². The van der Waals surface area contributed by atoms with Gasteiger partial charge in [-0.05, 0) is 12.8 Å². The van der Waals surface area contributed by atoms with Crippen LogP contribution in [-0.2, 0) is 14.3 Å². The number of methoxy groups -OCH3 is 1. The summed E-state index contributed by atoms with van der Waals surface area (Å²) in [5.41, 5.74) is 0.